The zero-order chi connectivity index (χ0) is 13.9. The number of benzene rings is 1. The smallest absolute Gasteiger partial charge is 0.0655 e. The third-order valence-electron chi connectivity index (χ3n) is 3.80. The molecule has 0 aliphatic heterocycles. The molecule has 3 nitrogen and oxygen atoms in total. The lowest BCUT2D eigenvalue weighted by Gasteiger charge is -2.42. The third kappa shape index (κ3) is 2.98. The first-order chi connectivity index (χ1) is 8.36. The molecule has 1 rings (SSSR count). The Morgan fingerprint density at radius 1 is 1.39 bits per heavy atom. The third-order valence-corrected chi connectivity index (χ3v) is 4.37. The molecule has 1 aromatic rings. The van der Waals surface area contributed by atoms with Gasteiger partial charge in [-0.05, 0) is 51.2 Å². The minimum absolute atomic E-state index is 0.0938. The van der Waals surface area contributed by atoms with Crippen LogP contribution in [0.4, 0.5) is 0 Å². The Hall–Kier alpha value is -0.320. The Labute approximate surface area is 119 Å². The Balaban J connectivity index is 3.28. The number of hydrogen-bond donors (Lipinski definition) is 2. The van der Waals surface area contributed by atoms with Crippen LogP contribution in [0.15, 0.2) is 18.2 Å². The summed E-state index contributed by atoms with van der Waals surface area (Å²) in [5.41, 5.74) is 3.65. The highest BCUT2D eigenvalue weighted by Gasteiger charge is 2.36. The van der Waals surface area contributed by atoms with Crippen LogP contribution in [-0.2, 0) is 0 Å². The van der Waals surface area contributed by atoms with Crippen molar-refractivity contribution in [2.75, 3.05) is 14.1 Å². The van der Waals surface area contributed by atoms with E-state index in [-0.39, 0.29) is 11.6 Å². The molecule has 5 heteroatoms. The van der Waals surface area contributed by atoms with Crippen molar-refractivity contribution in [2.24, 2.45) is 5.84 Å². The van der Waals surface area contributed by atoms with Gasteiger partial charge in [-0.15, -0.1) is 0 Å². The van der Waals surface area contributed by atoms with Gasteiger partial charge in [0.2, 0.25) is 0 Å². The van der Waals surface area contributed by atoms with Crippen LogP contribution in [0.5, 0.6) is 0 Å². The van der Waals surface area contributed by atoms with Crippen LogP contribution in [-0.4, -0.2) is 24.5 Å². The van der Waals surface area contributed by atoms with Gasteiger partial charge in [0.1, 0.15) is 0 Å². The molecule has 0 heterocycles. The summed E-state index contributed by atoms with van der Waals surface area (Å²) in [5.74, 6) is 5.74. The maximum Gasteiger partial charge on any atom is 0.0655 e. The van der Waals surface area contributed by atoms with Gasteiger partial charge in [-0.2, -0.15) is 0 Å². The fourth-order valence-electron chi connectivity index (χ4n) is 2.12. The number of hydrogen-bond acceptors (Lipinski definition) is 3. The quantitative estimate of drug-likeness (QED) is 0.646. The first kappa shape index (κ1) is 15.7. The molecule has 0 radical (unpaired) electrons. The molecule has 0 spiro atoms. The van der Waals surface area contributed by atoms with E-state index in [2.05, 4.69) is 24.2 Å². The molecule has 0 fully saturated rings. The maximum atomic E-state index is 6.26. The van der Waals surface area contributed by atoms with E-state index in [1.807, 2.05) is 20.2 Å². The van der Waals surface area contributed by atoms with Gasteiger partial charge in [0.05, 0.1) is 6.04 Å². The number of nitrogens with two attached hydrogens (primary N) is 1. The molecule has 2 unspecified atom stereocenters. The van der Waals surface area contributed by atoms with Crippen molar-refractivity contribution in [3.05, 3.63) is 33.8 Å². The number of halogens is 2. The summed E-state index contributed by atoms with van der Waals surface area (Å²) in [4.78, 5) is 2.15. The zero-order valence-electron chi connectivity index (χ0n) is 11.3. The molecule has 2 atom stereocenters. The summed E-state index contributed by atoms with van der Waals surface area (Å²) in [6.45, 7) is 4.28. The molecule has 0 aliphatic rings. The first-order valence-electron chi connectivity index (χ1n) is 5.95. The Bertz CT molecular complexity index is 409. The van der Waals surface area contributed by atoms with E-state index >= 15 is 0 Å². The van der Waals surface area contributed by atoms with Gasteiger partial charge in [0.15, 0.2) is 0 Å². The summed E-state index contributed by atoms with van der Waals surface area (Å²) in [7, 11) is 4.07. The average Bonchev–Trinajstić information content (AvgIpc) is 2.33. The summed E-state index contributed by atoms with van der Waals surface area (Å²) < 4.78 is 0. The van der Waals surface area contributed by atoms with Crippen LogP contribution in [0.1, 0.15) is 31.9 Å². The number of nitrogens with one attached hydrogen (secondary N) is 1. The predicted octanol–water partition coefficient (Wildman–Crippen LogP) is 3.23. The molecular formula is C13H21Cl2N3. The van der Waals surface area contributed by atoms with Crippen molar-refractivity contribution >= 4 is 23.2 Å². The molecule has 0 saturated heterocycles. The number of likely N-dealkylation sites (N-methyl/N-ethyl adjacent to an activating group) is 1. The summed E-state index contributed by atoms with van der Waals surface area (Å²) in [6.07, 6.45) is 0.928. The summed E-state index contributed by atoms with van der Waals surface area (Å²) in [5, 5.41) is 1.33. The minimum Gasteiger partial charge on any atom is -0.302 e. The second-order valence-corrected chi connectivity index (χ2v) is 5.71. The van der Waals surface area contributed by atoms with Crippen molar-refractivity contribution in [1.82, 2.24) is 10.3 Å². The van der Waals surface area contributed by atoms with Crippen LogP contribution in [0.25, 0.3) is 0 Å². The van der Waals surface area contributed by atoms with Gasteiger partial charge < -0.3 is 4.90 Å². The molecular weight excluding hydrogens is 269 g/mol. The van der Waals surface area contributed by atoms with Gasteiger partial charge in [0, 0.05) is 15.6 Å². The first-order valence-corrected chi connectivity index (χ1v) is 6.71. The monoisotopic (exact) mass is 289 g/mol. The fraction of sp³-hybridized carbons (Fsp3) is 0.538. The minimum atomic E-state index is -0.150. The largest absolute Gasteiger partial charge is 0.302 e. The van der Waals surface area contributed by atoms with E-state index < -0.39 is 0 Å². The highest BCUT2D eigenvalue weighted by molar-refractivity contribution is 6.33. The molecule has 0 aromatic heterocycles. The van der Waals surface area contributed by atoms with Gasteiger partial charge in [-0.3, -0.25) is 11.3 Å². The molecule has 3 N–H and O–H groups in total. The molecule has 1 aromatic carbocycles. The summed E-state index contributed by atoms with van der Waals surface area (Å²) >= 11 is 12.3. The van der Waals surface area contributed by atoms with Crippen molar-refractivity contribution in [1.29, 1.82) is 0 Å². The highest BCUT2D eigenvalue weighted by Crippen LogP contribution is 2.36. The molecule has 0 bridgehead atoms. The van der Waals surface area contributed by atoms with Gasteiger partial charge in [-0.1, -0.05) is 30.1 Å². The van der Waals surface area contributed by atoms with E-state index in [1.54, 1.807) is 12.1 Å². The van der Waals surface area contributed by atoms with Gasteiger partial charge >= 0.3 is 0 Å². The fourth-order valence-corrected chi connectivity index (χ4v) is 2.53. The Morgan fingerprint density at radius 3 is 2.44 bits per heavy atom. The molecule has 0 amide bonds. The van der Waals surface area contributed by atoms with Gasteiger partial charge in [-0.25, -0.2) is 0 Å². The van der Waals surface area contributed by atoms with Crippen LogP contribution in [0.3, 0.4) is 0 Å². The lowest BCUT2D eigenvalue weighted by atomic mass is 9.84. The molecule has 0 aliphatic carbocycles. The van der Waals surface area contributed by atoms with Crippen molar-refractivity contribution in [2.45, 2.75) is 31.8 Å². The number of hydrazine groups is 1. The van der Waals surface area contributed by atoms with E-state index in [0.717, 1.165) is 12.0 Å². The topological polar surface area (TPSA) is 41.3 Å². The number of nitrogens with zero attached hydrogens (tertiary/aromatic N) is 1. The second-order valence-electron chi connectivity index (χ2n) is 4.87. The van der Waals surface area contributed by atoms with Crippen molar-refractivity contribution in [3.63, 3.8) is 0 Å². The van der Waals surface area contributed by atoms with Crippen LogP contribution in [0.2, 0.25) is 10.0 Å². The van der Waals surface area contributed by atoms with E-state index in [1.165, 1.54) is 0 Å². The SMILES string of the molecule is CCC(C)(C(NN)c1cc(Cl)ccc1Cl)N(C)C. The zero-order valence-corrected chi connectivity index (χ0v) is 12.8. The molecule has 0 saturated carbocycles. The van der Waals surface area contributed by atoms with Gasteiger partial charge in [0.25, 0.3) is 0 Å². The van der Waals surface area contributed by atoms with Crippen molar-refractivity contribution in [3.8, 4) is 0 Å². The Kier molecular flexibility index (Phi) is 5.44. The number of rotatable bonds is 5. The molecule has 102 valence electrons. The van der Waals surface area contributed by atoms with Crippen LogP contribution >= 0.6 is 23.2 Å². The lowest BCUT2D eigenvalue weighted by molar-refractivity contribution is 0.113. The van der Waals surface area contributed by atoms with Crippen LogP contribution < -0.4 is 11.3 Å². The second kappa shape index (κ2) is 6.22. The summed E-state index contributed by atoms with van der Waals surface area (Å²) in [6, 6.07) is 5.35. The van der Waals surface area contributed by atoms with Crippen molar-refractivity contribution < 1.29 is 0 Å². The van der Waals surface area contributed by atoms with E-state index in [0.29, 0.717) is 10.0 Å². The predicted molar refractivity (Wildman–Crippen MR) is 78.9 cm³/mol. The Morgan fingerprint density at radius 2 is 2.00 bits per heavy atom. The van der Waals surface area contributed by atoms with Crippen LogP contribution in [0, 0.1) is 0 Å². The lowest BCUT2D eigenvalue weighted by Crippen LogP contribution is -2.53. The maximum absolute atomic E-state index is 6.26. The highest BCUT2D eigenvalue weighted by atomic mass is 35.5. The standard InChI is InChI=1S/C13H21Cl2N3/c1-5-13(2,18(3)4)12(17-16)10-8-9(14)6-7-11(10)15/h6-8,12,17H,5,16H2,1-4H3. The molecule has 18 heavy (non-hydrogen) atoms. The average molecular weight is 290 g/mol. The van der Waals surface area contributed by atoms with E-state index in [4.69, 9.17) is 29.0 Å². The van der Waals surface area contributed by atoms with E-state index in [9.17, 15) is 0 Å². The normalized spacial score (nSPS) is 16.7.